The van der Waals surface area contributed by atoms with Gasteiger partial charge in [-0.25, -0.2) is 4.79 Å². The lowest BCUT2D eigenvalue weighted by atomic mass is 10.2. The molecular weight excluding hydrogens is 188 g/mol. The molecule has 0 aromatic carbocycles. The predicted octanol–water partition coefficient (Wildman–Crippen LogP) is -1.19. The van der Waals surface area contributed by atoms with E-state index in [0.29, 0.717) is 19.4 Å². The van der Waals surface area contributed by atoms with Gasteiger partial charge in [0.05, 0.1) is 0 Å². The third-order valence-corrected chi connectivity index (χ3v) is 2.25. The Hall–Kier alpha value is -1.59. The first kappa shape index (κ1) is 10.5. The zero-order valence-corrected chi connectivity index (χ0v) is 7.82. The fourth-order valence-corrected chi connectivity index (χ4v) is 1.57. The molecule has 14 heavy (non-hydrogen) atoms. The second-order valence-electron chi connectivity index (χ2n) is 3.08. The zero-order chi connectivity index (χ0) is 10.7. The van der Waals surface area contributed by atoms with Gasteiger partial charge in [-0.15, -0.1) is 0 Å². The average molecular weight is 200 g/mol. The van der Waals surface area contributed by atoms with Gasteiger partial charge in [0, 0.05) is 13.6 Å². The van der Waals surface area contributed by atoms with Crippen LogP contribution in [0, 0.1) is 0 Å². The number of hydrogen-bond donors (Lipinski definition) is 2. The lowest BCUT2D eigenvalue weighted by Crippen LogP contribution is -2.47. The summed E-state index contributed by atoms with van der Waals surface area (Å²) in [5.41, 5.74) is 0. The van der Waals surface area contributed by atoms with E-state index < -0.39 is 17.9 Å². The van der Waals surface area contributed by atoms with Crippen molar-refractivity contribution in [2.45, 2.75) is 18.9 Å². The molecule has 2 amide bonds. The van der Waals surface area contributed by atoms with Gasteiger partial charge in [0.2, 0.25) is 5.91 Å². The van der Waals surface area contributed by atoms with Gasteiger partial charge >= 0.3 is 11.9 Å². The van der Waals surface area contributed by atoms with Crippen LogP contribution < -0.4 is 5.32 Å². The van der Waals surface area contributed by atoms with Crippen molar-refractivity contribution in [3.05, 3.63) is 0 Å². The first-order valence-corrected chi connectivity index (χ1v) is 4.33. The molecule has 2 N–H and O–H groups in total. The van der Waals surface area contributed by atoms with Crippen LogP contribution in [-0.4, -0.2) is 47.4 Å². The number of hydrogen-bond acceptors (Lipinski definition) is 3. The molecular formula is C8H12N2O4. The summed E-state index contributed by atoms with van der Waals surface area (Å²) >= 11 is 0. The topological polar surface area (TPSA) is 86.7 Å². The molecule has 0 saturated carbocycles. The highest BCUT2D eigenvalue weighted by atomic mass is 16.4. The summed E-state index contributed by atoms with van der Waals surface area (Å²) in [6.45, 7) is 0.337. The Morgan fingerprint density at radius 2 is 2.07 bits per heavy atom. The van der Waals surface area contributed by atoms with E-state index >= 15 is 0 Å². The Bertz CT molecular complexity index is 277. The third-order valence-electron chi connectivity index (χ3n) is 2.25. The van der Waals surface area contributed by atoms with Gasteiger partial charge in [-0.2, -0.15) is 0 Å². The normalized spacial score (nSPS) is 20.6. The summed E-state index contributed by atoms with van der Waals surface area (Å²) in [4.78, 5) is 33.9. The molecule has 0 spiro atoms. The predicted molar refractivity (Wildman–Crippen MR) is 46.4 cm³/mol. The molecule has 0 aromatic rings. The van der Waals surface area contributed by atoms with Gasteiger partial charge in [0.25, 0.3) is 0 Å². The first-order chi connectivity index (χ1) is 6.57. The highest BCUT2D eigenvalue weighted by molar-refractivity contribution is 6.32. The molecule has 1 saturated heterocycles. The maximum Gasteiger partial charge on any atom is 0.394 e. The van der Waals surface area contributed by atoms with Crippen molar-refractivity contribution in [3.63, 3.8) is 0 Å². The van der Waals surface area contributed by atoms with Crippen molar-refractivity contribution in [2.24, 2.45) is 0 Å². The van der Waals surface area contributed by atoms with Crippen LogP contribution in [0.5, 0.6) is 0 Å². The fourth-order valence-electron chi connectivity index (χ4n) is 1.57. The highest BCUT2D eigenvalue weighted by Gasteiger charge is 2.36. The number of carboxylic acids is 1. The minimum Gasteiger partial charge on any atom is -0.474 e. The van der Waals surface area contributed by atoms with E-state index in [4.69, 9.17) is 5.11 Å². The van der Waals surface area contributed by atoms with Gasteiger partial charge in [-0.05, 0) is 12.8 Å². The van der Waals surface area contributed by atoms with Crippen LogP contribution in [0.1, 0.15) is 12.8 Å². The highest BCUT2D eigenvalue weighted by Crippen LogP contribution is 2.17. The smallest absolute Gasteiger partial charge is 0.394 e. The van der Waals surface area contributed by atoms with Crippen LogP contribution >= 0.6 is 0 Å². The Morgan fingerprint density at radius 1 is 1.43 bits per heavy atom. The van der Waals surface area contributed by atoms with Crippen molar-refractivity contribution in [2.75, 3.05) is 13.6 Å². The summed E-state index contributed by atoms with van der Waals surface area (Å²) in [7, 11) is 1.46. The van der Waals surface area contributed by atoms with E-state index in [9.17, 15) is 14.4 Å². The number of carbonyl (C=O) groups is 3. The molecule has 0 radical (unpaired) electrons. The lowest BCUT2D eigenvalue weighted by molar-refractivity contribution is -0.157. The van der Waals surface area contributed by atoms with E-state index in [1.807, 2.05) is 0 Å². The molecule has 1 heterocycles. The Kier molecular flexibility index (Phi) is 3.06. The average Bonchev–Trinajstić information content (AvgIpc) is 2.63. The Labute approximate surface area is 80.9 Å². The van der Waals surface area contributed by atoms with E-state index in [-0.39, 0.29) is 5.91 Å². The van der Waals surface area contributed by atoms with Crippen LogP contribution in [-0.2, 0) is 14.4 Å². The van der Waals surface area contributed by atoms with Gasteiger partial charge < -0.3 is 15.3 Å². The van der Waals surface area contributed by atoms with Crippen LogP contribution in [0.4, 0.5) is 0 Å². The van der Waals surface area contributed by atoms with Crippen molar-refractivity contribution in [3.8, 4) is 0 Å². The largest absolute Gasteiger partial charge is 0.474 e. The van der Waals surface area contributed by atoms with Gasteiger partial charge in [0.1, 0.15) is 6.04 Å². The van der Waals surface area contributed by atoms with Crippen molar-refractivity contribution >= 4 is 17.8 Å². The Balaban J connectivity index is 2.73. The maximum atomic E-state index is 11.3. The van der Waals surface area contributed by atoms with Crippen LogP contribution in [0.2, 0.25) is 0 Å². The van der Waals surface area contributed by atoms with Gasteiger partial charge in [-0.1, -0.05) is 0 Å². The summed E-state index contributed by atoms with van der Waals surface area (Å²) < 4.78 is 0. The molecule has 0 aliphatic carbocycles. The van der Waals surface area contributed by atoms with Crippen LogP contribution in [0.3, 0.4) is 0 Å². The molecule has 6 nitrogen and oxygen atoms in total. The number of likely N-dealkylation sites (tertiary alicyclic amines) is 1. The molecule has 1 aliphatic rings. The standard InChI is InChI=1S/C8H12N2O4/c1-9-6(11)5-3-2-4-10(5)7(12)8(13)14/h5H,2-4H2,1H3,(H,9,11)(H,13,14)/t5-/m1/s1. The van der Waals surface area contributed by atoms with Crippen LogP contribution in [0.25, 0.3) is 0 Å². The minimum atomic E-state index is -1.51. The summed E-state index contributed by atoms with van der Waals surface area (Å²) in [5, 5.41) is 10.9. The first-order valence-electron chi connectivity index (χ1n) is 4.33. The summed E-state index contributed by atoms with van der Waals surface area (Å²) in [6, 6.07) is -0.622. The minimum absolute atomic E-state index is 0.308. The second-order valence-corrected chi connectivity index (χ2v) is 3.08. The van der Waals surface area contributed by atoms with Crippen molar-refractivity contribution < 1.29 is 19.5 Å². The van der Waals surface area contributed by atoms with E-state index in [2.05, 4.69) is 5.32 Å². The van der Waals surface area contributed by atoms with Gasteiger partial charge in [-0.3, -0.25) is 9.59 Å². The molecule has 78 valence electrons. The third kappa shape index (κ3) is 1.84. The number of nitrogens with one attached hydrogen (secondary N) is 1. The lowest BCUT2D eigenvalue weighted by Gasteiger charge is -2.20. The number of rotatable bonds is 1. The van der Waals surface area contributed by atoms with Crippen molar-refractivity contribution in [1.82, 2.24) is 10.2 Å². The van der Waals surface area contributed by atoms with E-state index in [1.54, 1.807) is 0 Å². The SMILES string of the molecule is CNC(=O)[C@H]1CCCN1C(=O)C(=O)O. The number of carboxylic acid groups (broad SMARTS) is 1. The molecule has 0 bridgehead atoms. The Morgan fingerprint density at radius 3 is 2.57 bits per heavy atom. The zero-order valence-electron chi connectivity index (χ0n) is 7.82. The van der Waals surface area contributed by atoms with Crippen LogP contribution in [0.15, 0.2) is 0 Å². The van der Waals surface area contributed by atoms with Crippen molar-refractivity contribution in [1.29, 1.82) is 0 Å². The molecule has 1 aliphatic heterocycles. The number of carbonyl (C=O) groups excluding carboxylic acids is 2. The van der Waals surface area contributed by atoms with E-state index in [0.717, 1.165) is 4.90 Å². The molecule has 0 aromatic heterocycles. The molecule has 1 rings (SSSR count). The molecule has 0 unspecified atom stereocenters. The molecule has 1 fully saturated rings. The number of aliphatic carboxylic acids is 1. The van der Waals surface area contributed by atoms with Gasteiger partial charge in [0.15, 0.2) is 0 Å². The fraction of sp³-hybridized carbons (Fsp3) is 0.625. The number of amides is 2. The molecule has 6 heteroatoms. The monoisotopic (exact) mass is 200 g/mol. The quantitative estimate of drug-likeness (QED) is 0.521. The maximum absolute atomic E-state index is 11.3. The molecule has 1 atom stereocenters. The number of nitrogens with zero attached hydrogens (tertiary/aromatic N) is 1. The van der Waals surface area contributed by atoms with E-state index in [1.165, 1.54) is 7.05 Å². The number of likely N-dealkylation sites (N-methyl/N-ethyl adjacent to an activating group) is 1. The summed E-state index contributed by atoms with van der Waals surface area (Å²) in [6.07, 6.45) is 1.19. The summed E-state index contributed by atoms with van der Waals surface area (Å²) in [5.74, 6) is -2.82. The second kappa shape index (κ2) is 4.08.